The largest absolute Gasteiger partial charge is 0.493 e. The van der Waals surface area contributed by atoms with Crippen molar-refractivity contribution in [2.45, 2.75) is 25.3 Å². The van der Waals surface area contributed by atoms with Crippen LogP contribution in [0.25, 0.3) is 0 Å². The first-order valence-electron chi connectivity index (χ1n) is 15.8. The summed E-state index contributed by atoms with van der Waals surface area (Å²) < 4.78 is 35.8. The van der Waals surface area contributed by atoms with Gasteiger partial charge in [0.05, 0.1) is 28.4 Å². The quantitative estimate of drug-likeness (QED) is 0.168. The highest BCUT2D eigenvalue weighted by Gasteiger charge is 2.34. The van der Waals surface area contributed by atoms with Crippen molar-refractivity contribution in [3.63, 3.8) is 0 Å². The third kappa shape index (κ3) is 6.23. The molecular formula is C38H40N2O8. The molecule has 1 atom stereocenters. The predicted molar refractivity (Wildman–Crippen MR) is 181 cm³/mol. The third-order valence-corrected chi connectivity index (χ3v) is 9.15. The van der Waals surface area contributed by atoms with Crippen LogP contribution in [0.1, 0.15) is 49.0 Å². The zero-order valence-electron chi connectivity index (χ0n) is 28.1. The number of rotatable bonds is 11. The summed E-state index contributed by atoms with van der Waals surface area (Å²) in [5.41, 5.74) is 5.20. The maximum Gasteiger partial charge on any atom is 0.254 e. The van der Waals surface area contributed by atoms with E-state index in [9.17, 15) is 9.59 Å². The Kier molecular flexibility index (Phi) is 9.45. The van der Waals surface area contributed by atoms with E-state index in [2.05, 4.69) is 11.9 Å². The number of carbonyl (C=O) groups is 2. The number of nitrogens with zero attached hydrogens (tertiary/aromatic N) is 2. The smallest absolute Gasteiger partial charge is 0.254 e. The van der Waals surface area contributed by atoms with Crippen LogP contribution >= 0.6 is 0 Å². The summed E-state index contributed by atoms with van der Waals surface area (Å²) in [6.07, 6.45) is 2.97. The molecule has 0 saturated heterocycles. The maximum atomic E-state index is 13.1. The zero-order chi connectivity index (χ0) is 33.9. The summed E-state index contributed by atoms with van der Waals surface area (Å²) in [5.74, 6) is 4.09. The van der Waals surface area contributed by atoms with Gasteiger partial charge in [-0.2, -0.15) is 0 Å². The van der Waals surface area contributed by atoms with Crippen molar-refractivity contribution in [1.82, 2.24) is 9.80 Å². The summed E-state index contributed by atoms with van der Waals surface area (Å²) in [5, 5.41) is 0. The molecule has 0 radical (unpaired) electrons. The zero-order valence-corrected chi connectivity index (χ0v) is 28.1. The molecule has 0 fully saturated rings. The van der Waals surface area contributed by atoms with Gasteiger partial charge in [0.25, 0.3) is 5.91 Å². The van der Waals surface area contributed by atoms with E-state index in [4.69, 9.17) is 28.4 Å². The molecule has 4 aromatic rings. The molecule has 0 aromatic heterocycles. The molecule has 0 aliphatic carbocycles. The minimum absolute atomic E-state index is 0.0525. The van der Waals surface area contributed by atoms with Gasteiger partial charge >= 0.3 is 0 Å². The fourth-order valence-corrected chi connectivity index (χ4v) is 6.47. The average Bonchev–Trinajstić information content (AvgIpc) is 3.11. The highest BCUT2D eigenvalue weighted by Crippen LogP contribution is 2.51. The number of benzene rings is 4. The van der Waals surface area contributed by atoms with Crippen LogP contribution in [0, 0.1) is 0 Å². The Morgan fingerprint density at radius 1 is 0.708 bits per heavy atom. The van der Waals surface area contributed by atoms with Gasteiger partial charge < -0.3 is 33.3 Å². The number of likely N-dealkylation sites (N-methyl/N-ethyl adjacent to an activating group) is 2. The Hall–Kier alpha value is -5.22. The van der Waals surface area contributed by atoms with E-state index < -0.39 is 0 Å². The second-order valence-corrected chi connectivity index (χ2v) is 12.0. The van der Waals surface area contributed by atoms with Crippen molar-refractivity contribution in [3.05, 3.63) is 94.0 Å². The molecule has 4 aromatic carbocycles. The van der Waals surface area contributed by atoms with Crippen LogP contribution < -0.4 is 28.4 Å². The Morgan fingerprint density at radius 3 is 2.08 bits per heavy atom. The lowest BCUT2D eigenvalue weighted by molar-refractivity contribution is 0.0780. The van der Waals surface area contributed by atoms with Crippen LogP contribution in [-0.4, -0.2) is 77.6 Å². The van der Waals surface area contributed by atoms with E-state index >= 15 is 0 Å². The third-order valence-electron chi connectivity index (χ3n) is 9.15. The van der Waals surface area contributed by atoms with Gasteiger partial charge in [-0.1, -0.05) is 12.1 Å². The lowest BCUT2D eigenvalue weighted by Gasteiger charge is -2.37. The number of hydrogen-bond acceptors (Lipinski definition) is 9. The minimum atomic E-state index is -0.0731. The lowest BCUT2D eigenvalue weighted by atomic mass is 9.87. The molecule has 0 saturated carbocycles. The number of amides is 1. The van der Waals surface area contributed by atoms with Gasteiger partial charge in [-0.15, -0.1) is 0 Å². The highest BCUT2D eigenvalue weighted by molar-refractivity contribution is 5.97. The van der Waals surface area contributed by atoms with Crippen molar-refractivity contribution in [1.29, 1.82) is 0 Å². The second-order valence-electron chi connectivity index (χ2n) is 12.0. The van der Waals surface area contributed by atoms with Crippen molar-refractivity contribution in [2.24, 2.45) is 0 Å². The standard InChI is InChI=1S/C38H40N2O8/c1-39-15-14-26-20-34(45-5)36(46-6)37(48-33-21-28-25(19-31(33)44-4)13-16-40(2)38(28)42)35(26)29(39)17-23-7-10-27(11-8-23)47-32-18-24(22-41)9-12-30(32)43-3/h7-12,18-22,29H,13-17H2,1-6H3/t29-/m1/s1. The van der Waals surface area contributed by atoms with Crippen LogP contribution in [-0.2, 0) is 19.3 Å². The molecule has 2 aliphatic rings. The first kappa shape index (κ1) is 32.7. The molecule has 2 heterocycles. The van der Waals surface area contributed by atoms with Gasteiger partial charge in [-0.05, 0) is 91.5 Å². The normalized spacial score (nSPS) is 15.7. The lowest BCUT2D eigenvalue weighted by Crippen LogP contribution is -2.34. The minimum Gasteiger partial charge on any atom is -0.493 e. The first-order valence-corrected chi connectivity index (χ1v) is 15.8. The van der Waals surface area contributed by atoms with Gasteiger partial charge in [0.15, 0.2) is 34.5 Å². The van der Waals surface area contributed by atoms with Gasteiger partial charge in [-0.25, -0.2) is 0 Å². The summed E-state index contributed by atoms with van der Waals surface area (Å²) in [4.78, 5) is 28.5. The number of aldehydes is 1. The second kappa shape index (κ2) is 13.9. The van der Waals surface area contributed by atoms with Crippen LogP contribution in [0.3, 0.4) is 0 Å². The molecular weight excluding hydrogens is 612 g/mol. The van der Waals surface area contributed by atoms with E-state index in [1.165, 1.54) is 0 Å². The van der Waals surface area contributed by atoms with Gasteiger partial charge in [0, 0.05) is 42.9 Å². The molecule has 48 heavy (non-hydrogen) atoms. The Morgan fingerprint density at radius 2 is 1.40 bits per heavy atom. The molecule has 0 bridgehead atoms. The number of ether oxygens (including phenoxy) is 6. The highest BCUT2D eigenvalue weighted by atomic mass is 16.5. The topological polar surface area (TPSA) is 96.0 Å². The summed E-state index contributed by atoms with van der Waals surface area (Å²) in [7, 11) is 10.3. The molecule has 0 unspecified atom stereocenters. The van der Waals surface area contributed by atoms with Gasteiger partial charge in [0.1, 0.15) is 12.0 Å². The van der Waals surface area contributed by atoms with Crippen molar-refractivity contribution >= 4 is 12.2 Å². The number of fused-ring (bicyclic) bond motifs is 2. The fourth-order valence-electron chi connectivity index (χ4n) is 6.47. The Balaban J connectivity index is 1.37. The van der Waals surface area contributed by atoms with Crippen molar-refractivity contribution < 1.29 is 38.0 Å². The van der Waals surface area contributed by atoms with Gasteiger partial charge in [-0.3, -0.25) is 14.5 Å². The van der Waals surface area contributed by atoms with Crippen LogP contribution in [0.4, 0.5) is 0 Å². The van der Waals surface area contributed by atoms with Gasteiger partial charge in [0.2, 0.25) is 5.75 Å². The van der Waals surface area contributed by atoms with E-state index in [1.807, 2.05) is 36.4 Å². The van der Waals surface area contributed by atoms with Crippen molar-refractivity contribution in [2.75, 3.05) is 55.6 Å². The summed E-state index contributed by atoms with van der Waals surface area (Å²) in [6.45, 7) is 1.48. The monoisotopic (exact) mass is 652 g/mol. The molecule has 0 N–H and O–H groups in total. The molecule has 2 aliphatic heterocycles. The van der Waals surface area contributed by atoms with E-state index in [-0.39, 0.29) is 11.9 Å². The number of methoxy groups -OCH3 is 4. The first-order chi connectivity index (χ1) is 23.3. The van der Waals surface area contributed by atoms with Crippen LogP contribution in [0.15, 0.2) is 60.7 Å². The van der Waals surface area contributed by atoms with E-state index in [1.54, 1.807) is 64.7 Å². The Bertz CT molecular complexity index is 1840. The maximum absolute atomic E-state index is 13.1. The van der Waals surface area contributed by atoms with Crippen LogP contribution in [0.5, 0.6) is 46.0 Å². The fraction of sp³-hybridized carbons (Fsp3) is 0.316. The van der Waals surface area contributed by atoms with Crippen LogP contribution in [0.2, 0.25) is 0 Å². The average molecular weight is 653 g/mol. The number of hydrogen-bond donors (Lipinski definition) is 0. The predicted octanol–water partition coefficient (Wildman–Crippen LogP) is 6.52. The Labute approximate surface area is 280 Å². The van der Waals surface area contributed by atoms with Crippen molar-refractivity contribution in [3.8, 4) is 46.0 Å². The summed E-state index contributed by atoms with van der Waals surface area (Å²) >= 11 is 0. The molecule has 10 heteroatoms. The van der Waals surface area contributed by atoms with E-state index in [0.29, 0.717) is 70.1 Å². The molecule has 10 nitrogen and oxygen atoms in total. The molecule has 6 rings (SSSR count). The summed E-state index contributed by atoms with van der Waals surface area (Å²) in [6, 6.07) is 18.6. The molecule has 1 amide bonds. The molecule has 0 spiro atoms. The SMILES string of the molecule is COc1ccc(C=O)cc1Oc1ccc(C[C@@H]2c3c(cc(OC)c(OC)c3Oc3cc4c(cc3OC)CCN(C)C4=O)CCN2C)cc1. The number of carbonyl (C=O) groups excluding carboxylic acids is 2. The van der Waals surface area contributed by atoms with E-state index in [0.717, 1.165) is 47.9 Å². The molecule has 250 valence electrons.